The van der Waals surface area contributed by atoms with Crippen LogP contribution < -0.4 is 0 Å². The lowest BCUT2D eigenvalue weighted by Gasteiger charge is -2.29. The Labute approximate surface area is 84.2 Å². The number of hydrogen-bond donors (Lipinski definition) is 0. The highest BCUT2D eigenvalue weighted by Crippen LogP contribution is 2.25. The maximum atomic E-state index is 5.93. The van der Waals surface area contributed by atoms with Crippen molar-refractivity contribution in [3.05, 3.63) is 36.4 Å². The Kier molecular flexibility index (Phi) is 2.71. The second kappa shape index (κ2) is 3.46. The molecule has 0 saturated heterocycles. The maximum Gasteiger partial charge on any atom is 0.209 e. The van der Waals surface area contributed by atoms with Gasteiger partial charge in [0.05, 0.1) is 5.70 Å². The molecule has 2 nitrogen and oxygen atoms in total. The molecule has 0 spiro atoms. The summed E-state index contributed by atoms with van der Waals surface area (Å²) in [6, 6.07) is 0. The summed E-state index contributed by atoms with van der Waals surface area (Å²) in [6.45, 7) is 9.68. The molecule has 0 aromatic carbocycles. The fourth-order valence-corrected chi connectivity index (χ4v) is 1.05. The molecule has 0 unspecified atom stereocenters. The first-order chi connectivity index (χ1) is 5.90. The predicted molar refractivity (Wildman–Crippen MR) is 54.9 cm³/mol. The molecule has 3 heteroatoms. The minimum atomic E-state index is -0.246. The van der Waals surface area contributed by atoms with Crippen LogP contribution in [0.1, 0.15) is 20.8 Å². The van der Waals surface area contributed by atoms with Crippen LogP contribution in [0.5, 0.6) is 0 Å². The number of ether oxygens (including phenoxy) is 1. The molecular formula is C10H14ClNO. The van der Waals surface area contributed by atoms with Crippen LogP contribution in [0.25, 0.3) is 0 Å². The van der Waals surface area contributed by atoms with E-state index in [4.69, 9.17) is 16.5 Å². The highest BCUT2D eigenvalue weighted by molar-refractivity contribution is 6.15. The highest BCUT2D eigenvalue weighted by atomic mass is 35.5. The Balaban J connectivity index is 2.75. The van der Waals surface area contributed by atoms with E-state index in [1.807, 2.05) is 39.0 Å². The van der Waals surface area contributed by atoms with Gasteiger partial charge in [-0.15, -0.1) is 0 Å². The van der Waals surface area contributed by atoms with Gasteiger partial charge < -0.3 is 4.74 Å². The molecule has 0 bridgehead atoms. The molecule has 0 saturated carbocycles. The average molecular weight is 200 g/mol. The molecular weight excluding hydrogens is 186 g/mol. The normalized spacial score (nSPS) is 17.4. The Morgan fingerprint density at radius 2 is 2.08 bits per heavy atom. The second-order valence-electron chi connectivity index (χ2n) is 3.85. The van der Waals surface area contributed by atoms with Crippen molar-refractivity contribution < 1.29 is 4.74 Å². The quantitative estimate of drug-likeness (QED) is 0.602. The first kappa shape index (κ1) is 10.2. The van der Waals surface area contributed by atoms with Crippen LogP contribution in [0, 0.1) is 0 Å². The minimum absolute atomic E-state index is 0.246. The first-order valence-corrected chi connectivity index (χ1v) is 4.46. The van der Waals surface area contributed by atoms with Crippen LogP contribution in [0.4, 0.5) is 0 Å². The summed E-state index contributed by atoms with van der Waals surface area (Å²) < 4.78 is 7.01. The standard InChI is InChI=1S/C10H14ClNO/c1-8-6-5-7-9(12(8)11)13-10(2,3)4/h5-7H,1H2,2-4H3. The Morgan fingerprint density at radius 1 is 1.46 bits per heavy atom. The zero-order valence-corrected chi connectivity index (χ0v) is 8.93. The second-order valence-corrected chi connectivity index (χ2v) is 4.19. The molecule has 0 atom stereocenters. The third kappa shape index (κ3) is 2.81. The predicted octanol–water partition coefficient (Wildman–Crippen LogP) is 3.18. The molecule has 0 radical (unpaired) electrons. The largest absolute Gasteiger partial charge is 0.472 e. The molecule has 13 heavy (non-hydrogen) atoms. The van der Waals surface area contributed by atoms with E-state index in [-0.39, 0.29) is 5.60 Å². The molecule has 0 aliphatic carbocycles. The number of allylic oxidation sites excluding steroid dienone is 3. The molecule has 0 amide bonds. The number of nitrogens with zero attached hydrogens (tertiary/aromatic N) is 1. The fraction of sp³-hybridized carbons (Fsp3) is 0.400. The van der Waals surface area contributed by atoms with E-state index in [1.165, 1.54) is 4.42 Å². The third-order valence-corrected chi connectivity index (χ3v) is 1.77. The summed E-state index contributed by atoms with van der Waals surface area (Å²) in [4.78, 5) is 0. The molecule has 1 aliphatic rings. The number of hydrogen-bond acceptors (Lipinski definition) is 2. The van der Waals surface area contributed by atoms with E-state index in [1.54, 1.807) is 0 Å². The molecule has 0 aromatic heterocycles. The topological polar surface area (TPSA) is 12.5 Å². The van der Waals surface area contributed by atoms with Gasteiger partial charge in [-0.1, -0.05) is 12.7 Å². The van der Waals surface area contributed by atoms with Gasteiger partial charge in [-0.05, 0) is 32.9 Å². The molecule has 0 fully saturated rings. The molecule has 1 rings (SSSR count). The molecule has 0 aromatic rings. The van der Waals surface area contributed by atoms with E-state index >= 15 is 0 Å². The molecule has 1 aliphatic heterocycles. The van der Waals surface area contributed by atoms with E-state index in [9.17, 15) is 0 Å². The summed E-state index contributed by atoms with van der Waals surface area (Å²) in [5, 5.41) is 0. The van der Waals surface area contributed by atoms with Gasteiger partial charge in [-0.3, -0.25) is 0 Å². The Morgan fingerprint density at radius 3 is 2.62 bits per heavy atom. The van der Waals surface area contributed by atoms with Gasteiger partial charge in [0.1, 0.15) is 5.60 Å². The Hall–Kier alpha value is -0.890. The van der Waals surface area contributed by atoms with Crippen LogP contribution in [0.2, 0.25) is 0 Å². The van der Waals surface area contributed by atoms with E-state index in [0.29, 0.717) is 11.6 Å². The maximum absolute atomic E-state index is 5.93. The van der Waals surface area contributed by atoms with Crippen molar-refractivity contribution in [2.24, 2.45) is 0 Å². The number of rotatable bonds is 1. The third-order valence-electron chi connectivity index (χ3n) is 1.38. The zero-order chi connectivity index (χ0) is 10.1. The van der Waals surface area contributed by atoms with Crippen molar-refractivity contribution in [1.29, 1.82) is 0 Å². The summed E-state index contributed by atoms with van der Waals surface area (Å²) in [7, 11) is 0. The molecule has 72 valence electrons. The van der Waals surface area contributed by atoms with Crippen molar-refractivity contribution in [3.8, 4) is 0 Å². The zero-order valence-electron chi connectivity index (χ0n) is 8.17. The average Bonchev–Trinajstić information content (AvgIpc) is 1.96. The smallest absolute Gasteiger partial charge is 0.209 e. The first-order valence-electron chi connectivity index (χ1n) is 4.12. The van der Waals surface area contributed by atoms with Crippen LogP contribution in [0.15, 0.2) is 36.4 Å². The van der Waals surface area contributed by atoms with Crippen molar-refractivity contribution in [2.75, 3.05) is 0 Å². The summed E-state index contributed by atoms with van der Waals surface area (Å²) in [5.41, 5.74) is 0.466. The van der Waals surface area contributed by atoms with Crippen molar-refractivity contribution in [3.63, 3.8) is 0 Å². The van der Waals surface area contributed by atoms with Crippen molar-refractivity contribution >= 4 is 11.8 Å². The lowest BCUT2D eigenvalue weighted by Crippen LogP contribution is -2.25. The van der Waals surface area contributed by atoms with Gasteiger partial charge in [0, 0.05) is 11.8 Å². The lowest BCUT2D eigenvalue weighted by atomic mass is 10.2. The van der Waals surface area contributed by atoms with Gasteiger partial charge in [0.25, 0.3) is 0 Å². The van der Waals surface area contributed by atoms with Crippen LogP contribution in [-0.2, 0) is 4.74 Å². The van der Waals surface area contributed by atoms with Gasteiger partial charge >= 0.3 is 0 Å². The van der Waals surface area contributed by atoms with E-state index in [2.05, 4.69) is 6.58 Å². The minimum Gasteiger partial charge on any atom is -0.472 e. The van der Waals surface area contributed by atoms with Crippen LogP contribution in [0.3, 0.4) is 0 Å². The highest BCUT2D eigenvalue weighted by Gasteiger charge is 2.19. The van der Waals surface area contributed by atoms with E-state index < -0.39 is 0 Å². The van der Waals surface area contributed by atoms with Gasteiger partial charge in [-0.2, -0.15) is 0 Å². The fourth-order valence-electron chi connectivity index (χ4n) is 0.902. The monoisotopic (exact) mass is 199 g/mol. The molecule has 0 N–H and O–H groups in total. The van der Waals surface area contributed by atoms with Gasteiger partial charge in [0.2, 0.25) is 5.88 Å². The van der Waals surface area contributed by atoms with Crippen LogP contribution >= 0.6 is 11.8 Å². The SMILES string of the molecule is C=C1C=CC=C(OC(C)(C)C)N1Cl. The number of halogens is 1. The van der Waals surface area contributed by atoms with Crippen molar-refractivity contribution in [2.45, 2.75) is 26.4 Å². The van der Waals surface area contributed by atoms with Gasteiger partial charge in [-0.25, -0.2) is 4.42 Å². The summed E-state index contributed by atoms with van der Waals surface area (Å²) >= 11 is 5.93. The lowest BCUT2D eigenvalue weighted by molar-refractivity contribution is 0.0270. The van der Waals surface area contributed by atoms with Crippen molar-refractivity contribution in [1.82, 2.24) is 4.42 Å². The van der Waals surface area contributed by atoms with E-state index in [0.717, 1.165) is 0 Å². The summed E-state index contributed by atoms with van der Waals surface area (Å²) in [5.74, 6) is 0.613. The van der Waals surface area contributed by atoms with Crippen LogP contribution in [-0.4, -0.2) is 10.0 Å². The Bertz CT molecular complexity index is 273. The molecule has 1 heterocycles. The van der Waals surface area contributed by atoms with Gasteiger partial charge in [0.15, 0.2) is 0 Å². The summed E-state index contributed by atoms with van der Waals surface area (Å²) in [6.07, 6.45) is 5.50.